The average molecular weight is 293 g/mol. The van der Waals surface area contributed by atoms with Crippen molar-refractivity contribution in [3.8, 4) is 0 Å². The molecule has 0 amide bonds. The molecule has 0 fully saturated rings. The Morgan fingerprint density at radius 2 is 2.25 bits per heavy atom. The monoisotopic (exact) mass is 293 g/mol. The van der Waals surface area contributed by atoms with Gasteiger partial charge in [0.15, 0.2) is 0 Å². The summed E-state index contributed by atoms with van der Waals surface area (Å²) >= 11 is 1.77. The van der Waals surface area contributed by atoms with E-state index in [2.05, 4.69) is 41.1 Å². The summed E-state index contributed by atoms with van der Waals surface area (Å²) in [5.74, 6) is 0.588. The van der Waals surface area contributed by atoms with E-state index in [1.807, 2.05) is 6.07 Å². The van der Waals surface area contributed by atoms with E-state index in [1.165, 1.54) is 12.0 Å². The van der Waals surface area contributed by atoms with E-state index >= 15 is 0 Å². The minimum Gasteiger partial charge on any atom is -0.463 e. The molecular formula is C15H19NO3S. The highest BCUT2D eigenvalue weighted by atomic mass is 32.1. The van der Waals surface area contributed by atoms with Crippen molar-refractivity contribution >= 4 is 17.3 Å². The molecule has 4 nitrogen and oxygen atoms in total. The third-order valence-electron chi connectivity index (χ3n) is 3.38. The second-order valence-corrected chi connectivity index (χ2v) is 5.71. The molecule has 0 saturated carbocycles. The molecule has 0 bridgehead atoms. The normalized spacial score (nSPS) is 12.6. The predicted molar refractivity (Wildman–Crippen MR) is 79.1 cm³/mol. The van der Waals surface area contributed by atoms with Crippen LogP contribution >= 0.6 is 11.3 Å². The lowest BCUT2D eigenvalue weighted by Gasteiger charge is -2.22. The van der Waals surface area contributed by atoms with Gasteiger partial charge in [-0.2, -0.15) is 0 Å². The van der Waals surface area contributed by atoms with Crippen LogP contribution in [0.3, 0.4) is 0 Å². The number of hydrogen-bond donors (Lipinski definition) is 0. The fraction of sp³-hybridized carbons (Fsp3) is 0.400. The number of carbonyl (C=O) groups is 1. The van der Waals surface area contributed by atoms with Crippen molar-refractivity contribution in [2.75, 3.05) is 20.7 Å². The van der Waals surface area contributed by atoms with Gasteiger partial charge >= 0.3 is 5.97 Å². The second kappa shape index (κ2) is 6.72. The molecule has 1 unspecified atom stereocenters. The lowest BCUT2D eigenvalue weighted by molar-refractivity contribution is 0.0560. The fourth-order valence-electron chi connectivity index (χ4n) is 1.94. The molecule has 0 aliphatic carbocycles. The Bertz CT molecular complexity index is 547. The van der Waals surface area contributed by atoms with Crippen LogP contribution in [0.25, 0.3) is 0 Å². The Kier molecular flexibility index (Phi) is 4.98. The minimum atomic E-state index is -0.440. The third kappa shape index (κ3) is 3.49. The zero-order chi connectivity index (χ0) is 14.5. The lowest BCUT2D eigenvalue weighted by Crippen LogP contribution is -2.24. The Hall–Kier alpha value is -1.59. The Balaban J connectivity index is 1.94. The van der Waals surface area contributed by atoms with Crippen molar-refractivity contribution in [3.63, 3.8) is 0 Å². The van der Waals surface area contributed by atoms with Crippen LogP contribution in [0.5, 0.6) is 0 Å². The number of carbonyl (C=O) groups excluding carboxylic acids is 1. The zero-order valence-corrected chi connectivity index (χ0v) is 12.8. The van der Waals surface area contributed by atoms with Crippen molar-refractivity contribution in [1.29, 1.82) is 0 Å². The molecule has 2 aromatic heterocycles. The molecule has 5 heteroatoms. The zero-order valence-electron chi connectivity index (χ0n) is 12.0. The highest BCUT2D eigenvalue weighted by Gasteiger charge is 2.18. The number of furan rings is 1. The van der Waals surface area contributed by atoms with E-state index in [0.29, 0.717) is 0 Å². The van der Waals surface area contributed by atoms with Gasteiger partial charge in [0.2, 0.25) is 5.76 Å². The summed E-state index contributed by atoms with van der Waals surface area (Å²) in [4.78, 5) is 15.0. The van der Waals surface area contributed by atoms with Gasteiger partial charge in [0.25, 0.3) is 0 Å². The molecule has 108 valence electrons. The molecule has 2 rings (SSSR count). The largest absolute Gasteiger partial charge is 0.463 e. The molecule has 0 aliphatic rings. The van der Waals surface area contributed by atoms with E-state index < -0.39 is 5.97 Å². The molecule has 0 aromatic carbocycles. The molecule has 0 radical (unpaired) electrons. The van der Waals surface area contributed by atoms with Crippen molar-refractivity contribution in [2.45, 2.75) is 19.4 Å². The maximum absolute atomic E-state index is 11.4. The van der Waals surface area contributed by atoms with Crippen molar-refractivity contribution in [1.82, 2.24) is 4.90 Å². The van der Waals surface area contributed by atoms with Gasteiger partial charge in [-0.3, -0.25) is 4.90 Å². The van der Waals surface area contributed by atoms with Gasteiger partial charge in [-0.1, -0.05) is 6.07 Å². The van der Waals surface area contributed by atoms with E-state index in [9.17, 15) is 4.79 Å². The highest BCUT2D eigenvalue weighted by molar-refractivity contribution is 7.09. The second-order valence-electron chi connectivity index (χ2n) is 4.68. The number of nitrogens with zero attached hydrogens (tertiary/aromatic N) is 1. The summed E-state index contributed by atoms with van der Waals surface area (Å²) in [5.41, 5.74) is 0. The topological polar surface area (TPSA) is 42.7 Å². The van der Waals surface area contributed by atoms with E-state index in [1.54, 1.807) is 17.4 Å². The lowest BCUT2D eigenvalue weighted by atomic mass is 10.2. The molecule has 2 aromatic rings. The first kappa shape index (κ1) is 14.8. The Morgan fingerprint density at radius 1 is 1.45 bits per heavy atom. The van der Waals surface area contributed by atoms with E-state index in [0.717, 1.165) is 18.7 Å². The summed E-state index contributed by atoms with van der Waals surface area (Å²) in [6, 6.07) is 7.82. The number of esters is 1. The molecule has 2 heterocycles. The smallest absolute Gasteiger partial charge is 0.373 e. The maximum atomic E-state index is 11.4. The Morgan fingerprint density at radius 3 is 2.90 bits per heavy atom. The summed E-state index contributed by atoms with van der Waals surface area (Å²) < 4.78 is 10.2. The summed E-state index contributed by atoms with van der Waals surface area (Å²) in [6.45, 7) is 3.00. The highest BCUT2D eigenvalue weighted by Crippen LogP contribution is 2.22. The molecule has 20 heavy (non-hydrogen) atoms. The number of ether oxygens (including phenoxy) is 1. The quantitative estimate of drug-likeness (QED) is 0.766. The van der Waals surface area contributed by atoms with Crippen LogP contribution in [0.1, 0.15) is 34.2 Å². The minimum absolute atomic E-state index is 0.119. The van der Waals surface area contributed by atoms with Gasteiger partial charge in [-0.05, 0) is 44.0 Å². The summed E-state index contributed by atoms with van der Waals surface area (Å²) in [6.07, 6.45) is 1.02. The number of rotatable bonds is 6. The molecule has 0 spiro atoms. The first-order chi connectivity index (χ1) is 9.61. The first-order valence-electron chi connectivity index (χ1n) is 6.52. The van der Waals surface area contributed by atoms with E-state index in [4.69, 9.17) is 4.42 Å². The van der Waals surface area contributed by atoms with Crippen LogP contribution in [-0.2, 0) is 11.2 Å². The van der Waals surface area contributed by atoms with Crippen LogP contribution in [0.15, 0.2) is 34.1 Å². The maximum Gasteiger partial charge on any atom is 0.373 e. The van der Waals surface area contributed by atoms with Crippen LogP contribution in [0, 0.1) is 0 Å². The Labute approximate surface area is 123 Å². The van der Waals surface area contributed by atoms with Gasteiger partial charge in [-0.25, -0.2) is 4.79 Å². The summed E-state index contributed by atoms with van der Waals surface area (Å²) in [5, 5.41) is 2.09. The summed E-state index contributed by atoms with van der Waals surface area (Å²) in [7, 11) is 3.40. The molecule has 0 saturated heterocycles. The SMILES string of the molecule is COC(=O)c1ccc(C(C)N(C)CCc2cccs2)o1. The van der Waals surface area contributed by atoms with Crippen molar-refractivity contribution in [3.05, 3.63) is 46.0 Å². The standard InChI is InChI=1S/C15H19NO3S/c1-11(13-6-7-14(19-13)15(17)18-3)16(2)9-8-12-5-4-10-20-12/h4-7,10-11H,8-9H2,1-3H3. The average Bonchev–Trinajstić information content (AvgIpc) is 3.13. The van der Waals surface area contributed by atoms with E-state index in [-0.39, 0.29) is 11.8 Å². The number of hydrogen-bond acceptors (Lipinski definition) is 5. The van der Waals surface area contributed by atoms with Crippen molar-refractivity contribution in [2.24, 2.45) is 0 Å². The van der Waals surface area contributed by atoms with Crippen LogP contribution < -0.4 is 0 Å². The van der Waals surface area contributed by atoms with Crippen LogP contribution in [0.4, 0.5) is 0 Å². The van der Waals surface area contributed by atoms with Crippen LogP contribution in [0.2, 0.25) is 0 Å². The fourth-order valence-corrected chi connectivity index (χ4v) is 2.64. The van der Waals surface area contributed by atoms with Gasteiger partial charge in [-0.15, -0.1) is 11.3 Å². The van der Waals surface area contributed by atoms with Gasteiger partial charge in [0.1, 0.15) is 5.76 Å². The molecule has 1 atom stereocenters. The van der Waals surface area contributed by atoms with Gasteiger partial charge in [0.05, 0.1) is 13.2 Å². The third-order valence-corrected chi connectivity index (χ3v) is 4.31. The molecular weight excluding hydrogens is 274 g/mol. The number of methoxy groups -OCH3 is 1. The molecule has 0 aliphatic heterocycles. The first-order valence-corrected chi connectivity index (χ1v) is 7.40. The number of likely N-dealkylation sites (N-methyl/N-ethyl adjacent to an activating group) is 1. The predicted octanol–water partition coefficient (Wildman–Crippen LogP) is 3.36. The van der Waals surface area contributed by atoms with Crippen molar-refractivity contribution < 1.29 is 13.9 Å². The molecule has 0 N–H and O–H groups in total. The number of thiophene rings is 1. The van der Waals surface area contributed by atoms with Gasteiger partial charge in [0, 0.05) is 11.4 Å². The van der Waals surface area contributed by atoms with Gasteiger partial charge < -0.3 is 9.15 Å². The van der Waals surface area contributed by atoms with Crippen LogP contribution in [-0.4, -0.2) is 31.6 Å².